The smallest absolute Gasteiger partial charge is 0.0541 e. The summed E-state index contributed by atoms with van der Waals surface area (Å²) in [6.45, 7) is 28.2. The van der Waals surface area contributed by atoms with Gasteiger partial charge in [0, 0.05) is 49.2 Å². The molecule has 0 saturated heterocycles. The lowest BCUT2D eigenvalue weighted by Gasteiger charge is -2.24. The first-order chi connectivity index (χ1) is 43.6. The van der Waals surface area contributed by atoms with E-state index in [0.717, 1.165) is 0 Å². The molecule has 0 spiro atoms. The quantitative estimate of drug-likeness (QED) is 0.157. The predicted molar refractivity (Wildman–Crippen MR) is 387 cm³/mol. The maximum Gasteiger partial charge on any atom is 0.0541 e. The fraction of sp³-hybridized carbons (Fsp3) is 0.191. The summed E-state index contributed by atoms with van der Waals surface area (Å²) in [4.78, 5) is 0. The van der Waals surface area contributed by atoms with Gasteiger partial charge in [0.05, 0.1) is 22.1 Å². The highest BCUT2D eigenvalue weighted by Crippen LogP contribution is 2.55. The molecule has 0 unspecified atom stereocenters. The summed E-state index contributed by atoms with van der Waals surface area (Å²) in [5.74, 6) is 0. The van der Waals surface area contributed by atoms with Gasteiger partial charge >= 0.3 is 0 Å². The Balaban J connectivity index is 0.640. The van der Waals surface area contributed by atoms with Gasteiger partial charge in [0.1, 0.15) is 0 Å². The highest BCUT2D eigenvalue weighted by molar-refractivity contribution is 6.12. The van der Waals surface area contributed by atoms with Gasteiger partial charge in [-0.15, -0.1) is 0 Å². The average molecular weight is 1170 g/mol. The van der Waals surface area contributed by atoms with Gasteiger partial charge in [-0.3, -0.25) is 0 Å². The highest BCUT2D eigenvalue weighted by Gasteiger charge is 2.40. The van der Waals surface area contributed by atoms with E-state index in [1.165, 1.54) is 177 Å². The summed E-state index contributed by atoms with van der Waals surface area (Å²) in [6, 6.07) is 93.4. The van der Waals surface area contributed by atoms with Crippen molar-refractivity contribution in [2.75, 3.05) is 0 Å². The summed E-state index contributed by atoms with van der Waals surface area (Å²) in [5.41, 5.74) is 36.0. The van der Waals surface area contributed by atoms with Crippen LogP contribution in [0.15, 0.2) is 243 Å². The zero-order valence-electron chi connectivity index (χ0n) is 54.5. The van der Waals surface area contributed by atoms with E-state index in [9.17, 15) is 0 Å². The van der Waals surface area contributed by atoms with Crippen LogP contribution in [-0.2, 0) is 27.1 Å². The van der Waals surface area contributed by atoms with Gasteiger partial charge in [0.2, 0.25) is 0 Å². The first kappa shape index (κ1) is 55.3. The van der Waals surface area contributed by atoms with Gasteiger partial charge in [0.25, 0.3) is 0 Å². The summed E-state index contributed by atoms with van der Waals surface area (Å²) < 4.78 is 4.86. The third-order valence-corrected chi connectivity index (χ3v) is 21.7. The number of hydrogen-bond donors (Lipinski definition) is 0. The molecule has 2 nitrogen and oxygen atoms in total. The van der Waals surface area contributed by atoms with Crippen molar-refractivity contribution in [2.45, 2.75) is 110 Å². The minimum atomic E-state index is -0.187. The van der Waals surface area contributed by atoms with Crippen LogP contribution in [0.5, 0.6) is 0 Å². The van der Waals surface area contributed by atoms with E-state index >= 15 is 0 Å². The van der Waals surface area contributed by atoms with Gasteiger partial charge in [-0.2, -0.15) is 0 Å². The molecule has 0 atom stereocenters. The topological polar surface area (TPSA) is 9.86 Å². The monoisotopic (exact) mass is 1170 g/mol. The molecule has 0 N–H and O–H groups in total. The van der Waals surface area contributed by atoms with Crippen molar-refractivity contribution in [3.63, 3.8) is 0 Å². The molecule has 0 aliphatic heterocycles. The van der Waals surface area contributed by atoms with Crippen molar-refractivity contribution in [3.8, 4) is 89.3 Å². The molecule has 0 amide bonds. The van der Waals surface area contributed by atoms with E-state index in [0.29, 0.717) is 0 Å². The second kappa shape index (κ2) is 19.1. The Morgan fingerprint density at radius 3 is 0.725 bits per heavy atom. The Morgan fingerprint density at radius 2 is 0.462 bits per heavy atom. The summed E-state index contributed by atoms with van der Waals surface area (Å²) in [7, 11) is 0. The maximum absolute atomic E-state index is 2.49. The molecule has 0 fully saturated rings. The molecule has 3 aliphatic carbocycles. The Bertz CT molecular complexity index is 5080. The standard InChI is InChI=1S/C89H76N2/c1-85(2,3)61-29-33-63(34-30-61)90-81-19-15-13-17-71(81)73-45-53(27-43-83(73)90)55-21-37-65-67-39-23-57(49-77(67)87(7,8)75(65)47-55)59-25-41-69-70-42-26-60(52-80(70)89(11,12)79(69)51-59)58-24-40-68-66-38-22-56(48-76(66)88(9,10)78(68)50-58)54-28-44-84-74(46-54)72-18-14-16-20-82(72)91(84)64-35-31-62(32-36-64)86(4,5)6/h13-52H,1-12H3. The molecule has 442 valence electrons. The van der Waals surface area contributed by atoms with E-state index < -0.39 is 0 Å². The zero-order chi connectivity index (χ0) is 62.4. The third kappa shape index (κ3) is 8.23. The normalized spacial score (nSPS) is 14.9. The molecule has 12 aromatic carbocycles. The number of fused-ring (bicyclic) bond motifs is 15. The molecule has 3 aliphatic rings. The predicted octanol–water partition coefficient (Wildman–Crippen LogP) is 24.1. The average Bonchev–Trinajstić information content (AvgIpc) is 1.59. The Kier molecular flexibility index (Phi) is 11.6. The molecule has 0 bridgehead atoms. The number of hydrogen-bond acceptors (Lipinski definition) is 0. The van der Waals surface area contributed by atoms with Crippen LogP contribution in [0.4, 0.5) is 0 Å². The van der Waals surface area contributed by atoms with Gasteiger partial charge in [-0.05, 0) is 230 Å². The van der Waals surface area contributed by atoms with Crippen molar-refractivity contribution in [2.24, 2.45) is 0 Å². The van der Waals surface area contributed by atoms with Crippen molar-refractivity contribution >= 4 is 43.6 Å². The van der Waals surface area contributed by atoms with Crippen molar-refractivity contribution < 1.29 is 0 Å². The summed E-state index contributed by atoms with van der Waals surface area (Å²) >= 11 is 0. The molecule has 0 radical (unpaired) electrons. The van der Waals surface area contributed by atoms with E-state index in [-0.39, 0.29) is 27.1 Å². The molecule has 17 rings (SSSR count). The summed E-state index contributed by atoms with van der Waals surface area (Å²) in [5, 5.41) is 5.10. The number of rotatable bonds is 6. The summed E-state index contributed by atoms with van der Waals surface area (Å²) in [6.07, 6.45) is 0. The molecule has 91 heavy (non-hydrogen) atoms. The molecule has 0 saturated carbocycles. The highest BCUT2D eigenvalue weighted by atomic mass is 15.0. The fourth-order valence-corrected chi connectivity index (χ4v) is 16.4. The Morgan fingerprint density at radius 1 is 0.231 bits per heavy atom. The number of aromatic nitrogens is 2. The second-order valence-corrected chi connectivity index (χ2v) is 30.2. The first-order valence-corrected chi connectivity index (χ1v) is 32.8. The maximum atomic E-state index is 2.49. The molecular weight excluding hydrogens is 1100 g/mol. The SMILES string of the molecule is CC(C)(C)c1ccc(-n2c3ccccc3c3cc(-c4ccc5c(c4)C(C)(C)c4cc(-c6ccc7c(c6)C(C)(C)c6cc(-c8ccc9c(c8)C(C)(C)c8cc(-c%10ccc%11c(c%10)c%10ccccc%10n%11-c%10ccc(C(C)(C)C)cc%10)ccc8-9)ccc6-7)ccc4-5)ccc32)cc1. The van der Waals surface area contributed by atoms with Crippen molar-refractivity contribution in [3.05, 3.63) is 287 Å². The van der Waals surface area contributed by atoms with Crippen LogP contribution in [0.1, 0.15) is 128 Å². The largest absolute Gasteiger partial charge is 0.309 e. The lowest BCUT2D eigenvalue weighted by Crippen LogP contribution is -2.16. The van der Waals surface area contributed by atoms with Crippen LogP contribution in [0.3, 0.4) is 0 Å². The van der Waals surface area contributed by atoms with Crippen molar-refractivity contribution in [1.82, 2.24) is 9.13 Å². The second-order valence-electron chi connectivity index (χ2n) is 30.2. The Hall–Kier alpha value is -9.76. The fourth-order valence-electron chi connectivity index (χ4n) is 16.4. The number of para-hydroxylation sites is 2. The van der Waals surface area contributed by atoms with Crippen LogP contribution in [-0.4, -0.2) is 9.13 Å². The van der Waals surface area contributed by atoms with Crippen LogP contribution >= 0.6 is 0 Å². The lowest BCUT2D eigenvalue weighted by atomic mass is 9.79. The zero-order valence-corrected chi connectivity index (χ0v) is 54.5. The first-order valence-electron chi connectivity index (χ1n) is 32.8. The van der Waals surface area contributed by atoms with Gasteiger partial charge < -0.3 is 9.13 Å². The molecular formula is C89H76N2. The lowest BCUT2D eigenvalue weighted by molar-refractivity contribution is 0.590. The van der Waals surface area contributed by atoms with Crippen molar-refractivity contribution in [1.29, 1.82) is 0 Å². The third-order valence-electron chi connectivity index (χ3n) is 21.7. The molecule has 2 heterocycles. The minimum absolute atomic E-state index is 0.100. The molecule has 14 aromatic rings. The van der Waals surface area contributed by atoms with E-state index in [1.54, 1.807) is 0 Å². The van der Waals surface area contributed by atoms with E-state index in [2.05, 4.69) is 335 Å². The van der Waals surface area contributed by atoms with E-state index in [1.807, 2.05) is 0 Å². The molecule has 2 aromatic heterocycles. The van der Waals surface area contributed by atoms with Crippen LogP contribution in [0, 0.1) is 0 Å². The number of nitrogens with zero attached hydrogens (tertiary/aromatic N) is 2. The van der Waals surface area contributed by atoms with Crippen LogP contribution < -0.4 is 0 Å². The van der Waals surface area contributed by atoms with Gasteiger partial charge in [-0.1, -0.05) is 229 Å². The Labute approximate surface area is 536 Å². The minimum Gasteiger partial charge on any atom is -0.309 e. The van der Waals surface area contributed by atoms with Crippen LogP contribution in [0.2, 0.25) is 0 Å². The van der Waals surface area contributed by atoms with Crippen LogP contribution in [0.25, 0.3) is 133 Å². The number of benzene rings is 12. The van der Waals surface area contributed by atoms with Gasteiger partial charge in [-0.25, -0.2) is 0 Å². The molecule has 2 heteroatoms. The van der Waals surface area contributed by atoms with Gasteiger partial charge in [0.15, 0.2) is 0 Å². The van der Waals surface area contributed by atoms with E-state index in [4.69, 9.17) is 0 Å².